The molecule has 90 valence electrons. The average molecular weight is 228 g/mol. The van der Waals surface area contributed by atoms with Gasteiger partial charge in [0.05, 0.1) is 12.6 Å². The van der Waals surface area contributed by atoms with Crippen molar-refractivity contribution in [2.75, 3.05) is 19.8 Å². The van der Waals surface area contributed by atoms with E-state index in [-0.39, 0.29) is 18.6 Å². The summed E-state index contributed by atoms with van der Waals surface area (Å²) < 4.78 is 5.07. The van der Waals surface area contributed by atoms with E-state index < -0.39 is 11.5 Å². The zero-order valence-corrected chi connectivity index (χ0v) is 8.99. The first-order valence-corrected chi connectivity index (χ1v) is 5.51. The van der Waals surface area contributed by atoms with Crippen LogP contribution in [0.4, 0.5) is 0 Å². The molecular formula is C10H16N2O4. The van der Waals surface area contributed by atoms with E-state index in [1.165, 1.54) is 0 Å². The van der Waals surface area contributed by atoms with Crippen molar-refractivity contribution in [2.45, 2.75) is 30.8 Å². The van der Waals surface area contributed by atoms with Gasteiger partial charge in [0.15, 0.2) is 5.54 Å². The summed E-state index contributed by atoms with van der Waals surface area (Å²) >= 11 is 0. The fraction of sp³-hybridized carbons (Fsp3) is 0.800. The van der Waals surface area contributed by atoms with Crippen molar-refractivity contribution in [3.05, 3.63) is 0 Å². The Hall–Kier alpha value is -1.14. The van der Waals surface area contributed by atoms with E-state index in [4.69, 9.17) is 9.84 Å². The van der Waals surface area contributed by atoms with Crippen molar-refractivity contribution < 1.29 is 19.4 Å². The number of rotatable bonds is 3. The Kier molecular flexibility index (Phi) is 3.11. The van der Waals surface area contributed by atoms with Crippen LogP contribution in [-0.4, -0.2) is 48.3 Å². The maximum Gasteiger partial charge on any atom is 0.331 e. The minimum Gasteiger partial charge on any atom is -0.479 e. The molecular weight excluding hydrogens is 212 g/mol. The molecule has 0 spiro atoms. The summed E-state index contributed by atoms with van der Waals surface area (Å²) in [6, 6.07) is -0.253. The largest absolute Gasteiger partial charge is 0.479 e. The molecule has 3 N–H and O–H groups in total. The second kappa shape index (κ2) is 4.39. The van der Waals surface area contributed by atoms with Crippen LogP contribution in [0.3, 0.4) is 0 Å². The SMILES string of the molecule is O=C(NC1(C(=O)O)CCOC1)[C@@H]1CCCN1. The lowest BCUT2D eigenvalue weighted by Crippen LogP contribution is -2.58. The summed E-state index contributed by atoms with van der Waals surface area (Å²) in [7, 11) is 0. The molecule has 6 heteroatoms. The van der Waals surface area contributed by atoms with Crippen LogP contribution in [0.25, 0.3) is 0 Å². The van der Waals surface area contributed by atoms with Crippen molar-refractivity contribution in [3.63, 3.8) is 0 Å². The summed E-state index contributed by atoms with van der Waals surface area (Å²) in [4.78, 5) is 23.0. The first kappa shape index (κ1) is 11.3. The molecule has 2 rings (SSSR count). The number of carbonyl (C=O) groups is 2. The molecule has 0 aromatic carbocycles. The van der Waals surface area contributed by atoms with Gasteiger partial charge in [0, 0.05) is 13.0 Å². The molecule has 2 fully saturated rings. The van der Waals surface area contributed by atoms with Crippen LogP contribution in [0.5, 0.6) is 0 Å². The second-order valence-corrected chi connectivity index (χ2v) is 4.33. The number of aliphatic carboxylic acids is 1. The highest BCUT2D eigenvalue weighted by Gasteiger charge is 2.45. The standard InChI is InChI=1S/C10H16N2O4/c13-8(7-2-1-4-11-7)12-10(9(14)15)3-5-16-6-10/h7,11H,1-6H2,(H,12,13)(H,14,15)/t7-,10?/m0/s1. The van der Waals surface area contributed by atoms with E-state index in [9.17, 15) is 9.59 Å². The normalized spacial score (nSPS) is 33.9. The van der Waals surface area contributed by atoms with Gasteiger partial charge in [-0.1, -0.05) is 0 Å². The van der Waals surface area contributed by atoms with Gasteiger partial charge in [-0.2, -0.15) is 0 Å². The number of hydrogen-bond donors (Lipinski definition) is 3. The topological polar surface area (TPSA) is 87.7 Å². The van der Waals surface area contributed by atoms with E-state index in [1.807, 2.05) is 0 Å². The van der Waals surface area contributed by atoms with Gasteiger partial charge in [-0.25, -0.2) is 4.79 Å². The van der Waals surface area contributed by atoms with Crippen LogP contribution in [-0.2, 0) is 14.3 Å². The predicted octanol–water partition coefficient (Wildman–Crippen LogP) is -0.902. The first-order valence-electron chi connectivity index (χ1n) is 5.51. The van der Waals surface area contributed by atoms with Crippen LogP contribution in [0.15, 0.2) is 0 Å². The summed E-state index contributed by atoms with van der Waals surface area (Å²) in [6.07, 6.45) is 2.05. The highest BCUT2D eigenvalue weighted by atomic mass is 16.5. The van der Waals surface area contributed by atoms with Crippen molar-refractivity contribution in [2.24, 2.45) is 0 Å². The molecule has 2 saturated heterocycles. The predicted molar refractivity (Wildman–Crippen MR) is 55.0 cm³/mol. The molecule has 1 amide bonds. The third-order valence-corrected chi connectivity index (χ3v) is 3.17. The van der Waals surface area contributed by atoms with Crippen LogP contribution in [0, 0.1) is 0 Å². The van der Waals surface area contributed by atoms with Crippen LogP contribution in [0.2, 0.25) is 0 Å². The number of nitrogens with one attached hydrogen (secondary N) is 2. The molecule has 0 saturated carbocycles. The lowest BCUT2D eigenvalue weighted by molar-refractivity contribution is -0.147. The number of carboxylic acids is 1. The molecule has 2 aliphatic rings. The van der Waals surface area contributed by atoms with E-state index >= 15 is 0 Å². The van der Waals surface area contributed by atoms with E-state index in [1.54, 1.807) is 0 Å². The van der Waals surface area contributed by atoms with Crippen molar-refractivity contribution in [1.82, 2.24) is 10.6 Å². The maximum atomic E-state index is 11.8. The molecule has 0 radical (unpaired) electrons. The minimum absolute atomic E-state index is 0.0563. The van der Waals surface area contributed by atoms with Gasteiger partial charge in [0.2, 0.25) is 5.91 Å². The van der Waals surface area contributed by atoms with Gasteiger partial charge in [-0.3, -0.25) is 4.79 Å². The van der Waals surface area contributed by atoms with Gasteiger partial charge < -0.3 is 20.5 Å². The summed E-state index contributed by atoms with van der Waals surface area (Å²) in [5.74, 6) is -1.25. The molecule has 2 atom stereocenters. The zero-order valence-electron chi connectivity index (χ0n) is 8.99. The number of ether oxygens (including phenoxy) is 1. The van der Waals surface area contributed by atoms with E-state index in [0.717, 1.165) is 19.4 Å². The molecule has 1 unspecified atom stereocenters. The fourth-order valence-corrected chi connectivity index (χ4v) is 2.12. The van der Waals surface area contributed by atoms with Crippen LogP contribution >= 0.6 is 0 Å². The zero-order chi connectivity index (χ0) is 11.6. The summed E-state index contributed by atoms with van der Waals surface area (Å²) in [5.41, 5.74) is -1.22. The smallest absolute Gasteiger partial charge is 0.331 e. The Morgan fingerprint density at radius 2 is 2.31 bits per heavy atom. The van der Waals surface area contributed by atoms with Gasteiger partial charge in [-0.05, 0) is 19.4 Å². The third-order valence-electron chi connectivity index (χ3n) is 3.17. The number of amides is 1. The summed E-state index contributed by atoms with van der Waals surface area (Å²) in [6.45, 7) is 1.25. The average Bonchev–Trinajstić information content (AvgIpc) is 2.88. The Morgan fingerprint density at radius 3 is 2.81 bits per heavy atom. The molecule has 0 aromatic heterocycles. The second-order valence-electron chi connectivity index (χ2n) is 4.33. The minimum atomic E-state index is -1.22. The molecule has 0 aliphatic carbocycles. The van der Waals surface area contributed by atoms with E-state index in [0.29, 0.717) is 13.0 Å². The first-order chi connectivity index (χ1) is 7.64. The van der Waals surface area contributed by atoms with Crippen LogP contribution < -0.4 is 10.6 Å². The van der Waals surface area contributed by atoms with Crippen molar-refractivity contribution in [3.8, 4) is 0 Å². The fourth-order valence-electron chi connectivity index (χ4n) is 2.12. The monoisotopic (exact) mass is 228 g/mol. The van der Waals surface area contributed by atoms with Gasteiger partial charge in [0.1, 0.15) is 0 Å². The lowest BCUT2D eigenvalue weighted by Gasteiger charge is -2.25. The van der Waals surface area contributed by atoms with Gasteiger partial charge in [-0.15, -0.1) is 0 Å². The summed E-state index contributed by atoms with van der Waals surface area (Å²) in [5, 5.41) is 14.8. The highest BCUT2D eigenvalue weighted by molar-refractivity contribution is 5.90. The number of carboxylic acid groups (broad SMARTS) is 1. The van der Waals surface area contributed by atoms with Crippen molar-refractivity contribution in [1.29, 1.82) is 0 Å². The molecule has 2 aliphatic heterocycles. The molecule has 0 bridgehead atoms. The maximum absolute atomic E-state index is 11.8. The molecule has 16 heavy (non-hydrogen) atoms. The Balaban J connectivity index is 2.00. The molecule has 6 nitrogen and oxygen atoms in total. The van der Waals surface area contributed by atoms with Gasteiger partial charge in [0.25, 0.3) is 0 Å². The lowest BCUT2D eigenvalue weighted by atomic mass is 9.98. The Labute approximate surface area is 93.3 Å². The highest BCUT2D eigenvalue weighted by Crippen LogP contribution is 2.19. The third kappa shape index (κ3) is 2.03. The number of carbonyl (C=O) groups excluding carboxylic acids is 1. The molecule has 2 heterocycles. The van der Waals surface area contributed by atoms with Gasteiger partial charge >= 0.3 is 5.97 Å². The van der Waals surface area contributed by atoms with E-state index in [2.05, 4.69) is 10.6 Å². The quantitative estimate of drug-likeness (QED) is 0.582. The Morgan fingerprint density at radius 1 is 1.50 bits per heavy atom. The van der Waals surface area contributed by atoms with Crippen molar-refractivity contribution >= 4 is 11.9 Å². The van der Waals surface area contributed by atoms with Crippen LogP contribution in [0.1, 0.15) is 19.3 Å². The Bertz CT molecular complexity index is 293. The molecule has 0 aromatic rings. The number of hydrogen-bond acceptors (Lipinski definition) is 4.